The predicted molar refractivity (Wildman–Crippen MR) is 66.9 cm³/mol. The van der Waals surface area contributed by atoms with Crippen molar-refractivity contribution in [3.63, 3.8) is 0 Å². The molecule has 0 amide bonds. The molecule has 1 aromatic carbocycles. The fraction of sp³-hybridized carbons (Fsp3) is 0.231. The van der Waals surface area contributed by atoms with Gasteiger partial charge in [-0.2, -0.15) is 13.2 Å². The van der Waals surface area contributed by atoms with Crippen LogP contribution < -0.4 is 0 Å². The summed E-state index contributed by atoms with van der Waals surface area (Å²) in [5, 5.41) is 0.144. The van der Waals surface area contributed by atoms with Crippen LogP contribution in [0.4, 0.5) is 13.2 Å². The van der Waals surface area contributed by atoms with Crippen molar-refractivity contribution >= 4 is 11.6 Å². The highest BCUT2D eigenvalue weighted by atomic mass is 35.5. The first-order chi connectivity index (χ1) is 8.94. The molecule has 0 atom stereocenters. The number of aryl methyl sites for hydroxylation is 1. The van der Waals surface area contributed by atoms with E-state index >= 15 is 0 Å². The van der Waals surface area contributed by atoms with Gasteiger partial charge in [0.05, 0.1) is 12.1 Å². The van der Waals surface area contributed by atoms with Crippen LogP contribution in [0, 0.1) is 0 Å². The average molecular weight is 287 g/mol. The van der Waals surface area contributed by atoms with Crippen molar-refractivity contribution in [2.45, 2.75) is 19.0 Å². The quantitative estimate of drug-likeness (QED) is 0.787. The summed E-state index contributed by atoms with van der Waals surface area (Å²) in [7, 11) is 0. The zero-order valence-corrected chi connectivity index (χ0v) is 10.5. The molecule has 100 valence electrons. The minimum atomic E-state index is -4.22. The molecule has 2 nitrogen and oxygen atoms in total. The van der Waals surface area contributed by atoms with Gasteiger partial charge in [-0.15, -0.1) is 0 Å². The van der Waals surface area contributed by atoms with Gasteiger partial charge in [0.25, 0.3) is 0 Å². The molecule has 1 aromatic heterocycles. The maximum atomic E-state index is 12.2. The molecule has 6 heteroatoms. The fourth-order valence-corrected chi connectivity index (χ4v) is 1.79. The lowest BCUT2D eigenvalue weighted by atomic mass is 10.1. The Kier molecular flexibility index (Phi) is 4.04. The molecule has 2 rings (SSSR count). The van der Waals surface area contributed by atoms with E-state index in [0.717, 1.165) is 5.56 Å². The molecule has 2 aromatic rings. The van der Waals surface area contributed by atoms with Crippen LogP contribution in [0.2, 0.25) is 5.15 Å². The summed E-state index contributed by atoms with van der Waals surface area (Å²) in [5.74, 6) is 0.101. The standard InChI is InChI=1S/C13H10ClF3N2/c14-11-8-10(9-4-2-1-3-5-9)18-12(19-11)6-7-13(15,16)17/h1-5,8H,6-7H2. The normalized spacial score (nSPS) is 11.6. The van der Waals surface area contributed by atoms with Crippen LogP contribution in [0.5, 0.6) is 0 Å². The second-order valence-corrected chi connectivity index (χ2v) is 4.36. The Bertz CT molecular complexity index is 556. The summed E-state index contributed by atoms with van der Waals surface area (Å²) in [6.07, 6.45) is -5.45. The van der Waals surface area contributed by atoms with E-state index in [4.69, 9.17) is 11.6 Å². The van der Waals surface area contributed by atoms with Crippen LogP contribution in [-0.2, 0) is 6.42 Å². The van der Waals surface area contributed by atoms with Gasteiger partial charge in [0.2, 0.25) is 0 Å². The highest BCUT2D eigenvalue weighted by Crippen LogP contribution is 2.23. The summed E-state index contributed by atoms with van der Waals surface area (Å²) in [4.78, 5) is 7.93. The Labute approximate surface area is 113 Å². The van der Waals surface area contributed by atoms with Gasteiger partial charge in [0.15, 0.2) is 0 Å². The Morgan fingerprint density at radius 2 is 1.74 bits per heavy atom. The Hall–Kier alpha value is -1.62. The van der Waals surface area contributed by atoms with Crippen LogP contribution >= 0.6 is 11.6 Å². The third kappa shape index (κ3) is 4.21. The van der Waals surface area contributed by atoms with E-state index in [0.29, 0.717) is 5.69 Å². The summed E-state index contributed by atoms with van der Waals surface area (Å²) in [5.41, 5.74) is 1.32. The molecule has 0 fully saturated rings. The Morgan fingerprint density at radius 1 is 1.05 bits per heavy atom. The van der Waals surface area contributed by atoms with Gasteiger partial charge < -0.3 is 0 Å². The topological polar surface area (TPSA) is 25.8 Å². The van der Waals surface area contributed by atoms with Crippen molar-refractivity contribution in [1.29, 1.82) is 0 Å². The lowest BCUT2D eigenvalue weighted by Crippen LogP contribution is -2.10. The van der Waals surface area contributed by atoms with E-state index in [9.17, 15) is 13.2 Å². The average Bonchev–Trinajstić information content (AvgIpc) is 2.36. The summed E-state index contributed by atoms with van der Waals surface area (Å²) in [6, 6.07) is 10.6. The zero-order valence-electron chi connectivity index (χ0n) is 9.78. The molecule has 19 heavy (non-hydrogen) atoms. The third-order valence-electron chi connectivity index (χ3n) is 2.44. The van der Waals surface area contributed by atoms with Crippen molar-refractivity contribution in [1.82, 2.24) is 9.97 Å². The molecule has 0 aliphatic rings. The van der Waals surface area contributed by atoms with Crippen LogP contribution in [-0.4, -0.2) is 16.1 Å². The second-order valence-electron chi connectivity index (χ2n) is 3.97. The molecule has 0 radical (unpaired) electrons. The highest BCUT2D eigenvalue weighted by molar-refractivity contribution is 6.29. The van der Waals surface area contributed by atoms with Gasteiger partial charge in [-0.1, -0.05) is 41.9 Å². The van der Waals surface area contributed by atoms with E-state index in [1.807, 2.05) is 30.3 Å². The number of alkyl halides is 3. The molecule has 0 aliphatic heterocycles. The first kappa shape index (κ1) is 13.8. The SMILES string of the molecule is FC(F)(F)CCc1nc(Cl)cc(-c2ccccc2)n1. The number of nitrogens with zero attached hydrogens (tertiary/aromatic N) is 2. The van der Waals surface area contributed by atoms with Crippen LogP contribution in [0.25, 0.3) is 11.3 Å². The third-order valence-corrected chi connectivity index (χ3v) is 2.64. The van der Waals surface area contributed by atoms with Gasteiger partial charge in [-0.25, -0.2) is 9.97 Å². The number of halogens is 4. The fourth-order valence-electron chi connectivity index (χ4n) is 1.59. The molecule has 1 heterocycles. The minimum absolute atomic E-state index is 0.101. The molecule has 0 saturated carbocycles. The van der Waals surface area contributed by atoms with Crippen LogP contribution in [0.1, 0.15) is 12.2 Å². The molecule has 0 aliphatic carbocycles. The minimum Gasteiger partial charge on any atom is -0.233 e. The molecule has 0 N–H and O–H groups in total. The van der Waals surface area contributed by atoms with Crippen molar-refractivity contribution in [3.8, 4) is 11.3 Å². The van der Waals surface area contributed by atoms with Gasteiger partial charge in [0.1, 0.15) is 11.0 Å². The van der Waals surface area contributed by atoms with Crippen LogP contribution in [0.15, 0.2) is 36.4 Å². The molecule has 0 saturated heterocycles. The van der Waals surface area contributed by atoms with Gasteiger partial charge in [-0.3, -0.25) is 0 Å². The second kappa shape index (κ2) is 5.57. The van der Waals surface area contributed by atoms with E-state index < -0.39 is 12.6 Å². The highest BCUT2D eigenvalue weighted by Gasteiger charge is 2.27. The molecule has 0 bridgehead atoms. The Morgan fingerprint density at radius 3 is 2.37 bits per heavy atom. The molecule has 0 unspecified atom stereocenters. The van der Waals surface area contributed by atoms with Crippen molar-refractivity contribution in [3.05, 3.63) is 47.4 Å². The zero-order chi connectivity index (χ0) is 13.9. The first-order valence-corrected chi connectivity index (χ1v) is 5.97. The predicted octanol–water partition coefficient (Wildman–Crippen LogP) is 4.29. The number of benzene rings is 1. The first-order valence-electron chi connectivity index (χ1n) is 5.60. The smallest absolute Gasteiger partial charge is 0.233 e. The van der Waals surface area contributed by atoms with E-state index in [1.165, 1.54) is 6.07 Å². The summed E-state index contributed by atoms with van der Waals surface area (Å²) >= 11 is 5.82. The van der Waals surface area contributed by atoms with E-state index in [1.54, 1.807) is 0 Å². The van der Waals surface area contributed by atoms with E-state index in [-0.39, 0.29) is 17.4 Å². The summed E-state index contributed by atoms with van der Waals surface area (Å²) < 4.78 is 36.5. The van der Waals surface area contributed by atoms with Crippen molar-refractivity contribution in [2.75, 3.05) is 0 Å². The lowest BCUT2D eigenvalue weighted by Gasteiger charge is -2.07. The lowest BCUT2D eigenvalue weighted by molar-refractivity contribution is -0.134. The number of hydrogen-bond donors (Lipinski definition) is 0. The number of aromatic nitrogens is 2. The van der Waals surface area contributed by atoms with Gasteiger partial charge in [-0.05, 0) is 0 Å². The molecular formula is C13H10ClF3N2. The Balaban J connectivity index is 2.25. The monoisotopic (exact) mass is 286 g/mol. The molecule has 0 spiro atoms. The van der Waals surface area contributed by atoms with Crippen molar-refractivity contribution < 1.29 is 13.2 Å². The largest absolute Gasteiger partial charge is 0.389 e. The number of rotatable bonds is 3. The maximum absolute atomic E-state index is 12.2. The summed E-state index contributed by atoms with van der Waals surface area (Å²) in [6.45, 7) is 0. The van der Waals surface area contributed by atoms with E-state index in [2.05, 4.69) is 9.97 Å². The van der Waals surface area contributed by atoms with Crippen LogP contribution in [0.3, 0.4) is 0 Å². The number of hydrogen-bond acceptors (Lipinski definition) is 2. The van der Waals surface area contributed by atoms with Gasteiger partial charge >= 0.3 is 6.18 Å². The van der Waals surface area contributed by atoms with Crippen molar-refractivity contribution in [2.24, 2.45) is 0 Å². The van der Waals surface area contributed by atoms with Gasteiger partial charge in [0, 0.05) is 18.1 Å². The molecular weight excluding hydrogens is 277 g/mol. The maximum Gasteiger partial charge on any atom is 0.389 e.